The summed E-state index contributed by atoms with van der Waals surface area (Å²) in [6.07, 6.45) is 5.43. The molecule has 0 saturated carbocycles. The van der Waals surface area contributed by atoms with Crippen LogP contribution >= 0.6 is 11.3 Å². The van der Waals surface area contributed by atoms with E-state index in [9.17, 15) is 4.79 Å². The molecule has 0 amide bonds. The van der Waals surface area contributed by atoms with Crippen LogP contribution in [0.5, 0.6) is 0 Å². The largest absolute Gasteiger partial charge is 0.350 e. The molecule has 1 aliphatic rings. The Morgan fingerprint density at radius 3 is 3.30 bits per heavy atom. The maximum Gasteiger partial charge on any atom is 0.290 e. The van der Waals surface area contributed by atoms with Gasteiger partial charge in [-0.1, -0.05) is 0 Å². The topological polar surface area (TPSA) is 61.0 Å². The number of nitrogens with zero attached hydrogens (tertiary/aromatic N) is 2. The zero-order valence-electron chi connectivity index (χ0n) is 11.2. The lowest BCUT2D eigenvalue weighted by Crippen LogP contribution is -2.47. The summed E-state index contributed by atoms with van der Waals surface area (Å²) in [5.41, 5.74) is 1.22. The molecule has 3 rings (SSSR count). The van der Waals surface area contributed by atoms with Crippen LogP contribution in [0.3, 0.4) is 0 Å². The van der Waals surface area contributed by atoms with Gasteiger partial charge >= 0.3 is 0 Å². The van der Waals surface area contributed by atoms with Crippen molar-refractivity contribution in [3.63, 3.8) is 0 Å². The number of aromatic nitrogens is 2. The SMILES string of the molecule is O=c1[nH]ccnc1N1CCC[C@@H](NCc2ccsc2)C1. The molecule has 5 nitrogen and oxygen atoms in total. The Bertz CT molecular complexity index is 595. The van der Waals surface area contributed by atoms with E-state index < -0.39 is 0 Å². The first-order valence-electron chi connectivity index (χ1n) is 6.86. The molecule has 1 fully saturated rings. The van der Waals surface area contributed by atoms with Crippen LogP contribution in [0.2, 0.25) is 0 Å². The lowest BCUT2D eigenvalue weighted by molar-refractivity contribution is 0.419. The van der Waals surface area contributed by atoms with Crippen LogP contribution in [0.1, 0.15) is 18.4 Å². The Hall–Kier alpha value is -1.66. The van der Waals surface area contributed by atoms with Crippen molar-refractivity contribution in [1.82, 2.24) is 15.3 Å². The lowest BCUT2D eigenvalue weighted by Gasteiger charge is -2.33. The molecule has 0 radical (unpaired) electrons. The van der Waals surface area contributed by atoms with Gasteiger partial charge in [-0.2, -0.15) is 11.3 Å². The predicted octanol–water partition coefficient (Wildman–Crippen LogP) is 1.59. The first-order chi connectivity index (χ1) is 9.83. The van der Waals surface area contributed by atoms with Gasteiger partial charge in [0.25, 0.3) is 5.56 Å². The van der Waals surface area contributed by atoms with Crippen molar-refractivity contribution in [3.05, 3.63) is 45.1 Å². The monoisotopic (exact) mass is 290 g/mol. The number of rotatable bonds is 4. The predicted molar refractivity (Wildman–Crippen MR) is 81.3 cm³/mol. The molecule has 0 aromatic carbocycles. The number of anilines is 1. The van der Waals surface area contributed by atoms with Gasteiger partial charge in [-0.15, -0.1) is 0 Å². The van der Waals surface area contributed by atoms with Gasteiger partial charge in [-0.3, -0.25) is 4.79 Å². The summed E-state index contributed by atoms with van der Waals surface area (Å²) in [6, 6.07) is 2.55. The quantitative estimate of drug-likeness (QED) is 0.898. The van der Waals surface area contributed by atoms with Crippen LogP contribution in [0.25, 0.3) is 0 Å². The van der Waals surface area contributed by atoms with Crippen LogP contribution in [-0.4, -0.2) is 29.1 Å². The first kappa shape index (κ1) is 13.3. The summed E-state index contributed by atoms with van der Waals surface area (Å²) in [5.74, 6) is 0.537. The van der Waals surface area contributed by atoms with E-state index in [-0.39, 0.29) is 5.56 Å². The smallest absolute Gasteiger partial charge is 0.290 e. The highest BCUT2D eigenvalue weighted by atomic mass is 32.1. The number of piperidine rings is 1. The van der Waals surface area contributed by atoms with Gasteiger partial charge in [0.05, 0.1) is 0 Å². The highest BCUT2D eigenvalue weighted by molar-refractivity contribution is 7.07. The summed E-state index contributed by atoms with van der Waals surface area (Å²) in [7, 11) is 0. The second-order valence-corrected chi connectivity index (χ2v) is 5.82. The average molecular weight is 290 g/mol. The van der Waals surface area contributed by atoms with Crippen molar-refractivity contribution in [2.75, 3.05) is 18.0 Å². The van der Waals surface area contributed by atoms with E-state index in [1.807, 2.05) is 0 Å². The lowest BCUT2D eigenvalue weighted by atomic mass is 10.1. The summed E-state index contributed by atoms with van der Waals surface area (Å²) in [4.78, 5) is 20.8. The number of thiophene rings is 1. The first-order valence-corrected chi connectivity index (χ1v) is 7.80. The van der Waals surface area contributed by atoms with Gasteiger partial charge in [0.2, 0.25) is 0 Å². The number of H-pyrrole nitrogens is 1. The fourth-order valence-electron chi connectivity index (χ4n) is 2.56. The van der Waals surface area contributed by atoms with E-state index >= 15 is 0 Å². The highest BCUT2D eigenvalue weighted by Crippen LogP contribution is 2.15. The molecule has 0 unspecified atom stereocenters. The molecular weight excluding hydrogens is 272 g/mol. The number of nitrogens with one attached hydrogen (secondary N) is 2. The third-order valence-corrected chi connectivity index (χ3v) is 4.32. The van der Waals surface area contributed by atoms with Gasteiger partial charge < -0.3 is 15.2 Å². The third kappa shape index (κ3) is 3.08. The molecule has 0 spiro atoms. The number of hydrogen-bond acceptors (Lipinski definition) is 5. The molecule has 2 N–H and O–H groups in total. The van der Waals surface area contributed by atoms with E-state index in [0.29, 0.717) is 11.9 Å². The Balaban J connectivity index is 1.62. The highest BCUT2D eigenvalue weighted by Gasteiger charge is 2.22. The maximum absolute atomic E-state index is 11.8. The van der Waals surface area contributed by atoms with E-state index in [1.165, 1.54) is 5.56 Å². The van der Waals surface area contributed by atoms with Crippen molar-refractivity contribution in [2.45, 2.75) is 25.4 Å². The summed E-state index contributed by atoms with van der Waals surface area (Å²) in [5, 5.41) is 7.83. The van der Waals surface area contributed by atoms with Crippen molar-refractivity contribution in [3.8, 4) is 0 Å². The summed E-state index contributed by atoms with van der Waals surface area (Å²) in [6.45, 7) is 2.63. The van der Waals surface area contributed by atoms with E-state index in [2.05, 4.69) is 37.0 Å². The second-order valence-electron chi connectivity index (χ2n) is 5.04. The number of aromatic amines is 1. The van der Waals surface area contributed by atoms with Crippen LogP contribution in [0.15, 0.2) is 34.0 Å². The summed E-state index contributed by atoms with van der Waals surface area (Å²) >= 11 is 1.72. The van der Waals surface area contributed by atoms with Gasteiger partial charge in [0, 0.05) is 38.1 Å². The van der Waals surface area contributed by atoms with Gasteiger partial charge in [-0.25, -0.2) is 4.98 Å². The molecule has 1 saturated heterocycles. The van der Waals surface area contributed by atoms with Gasteiger partial charge in [0.1, 0.15) is 0 Å². The van der Waals surface area contributed by atoms with Crippen molar-refractivity contribution in [2.24, 2.45) is 0 Å². The van der Waals surface area contributed by atoms with Crippen LogP contribution < -0.4 is 15.8 Å². The standard InChI is InChI=1S/C14H18N4OS/c19-14-13(15-4-5-16-14)18-6-1-2-12(9-18)17-8-11-3-7-20-10-11/h3-5,7,10,12,17H,1-2,6,8-9H2,(H,16,19)/t12-/m1/s1. The Kier molecular flexibility index (Phi) is 4.13. The minimum atomic E-state index is -0.106. The molecule has 0 aliphatic carbocycles. The fourth-order valence-corrected chi connectivity index (χ4v) is 3.23. The molecule has 1 aliphatic heterocycles. The Labute approximate surface area is 121 Å². The minimum Gasteiger partial charge on any atom is -0.350 e. The van der Waals surface area contributed by atoms with E-state index in [0.717, 1.165) is 32.5 Å². The zero-order valence-corrected chi connectivity index (χ0v) is 12.0. The summed E-state index contributed by atoms with van der Waals surface area (Å²) < 4.78 is 0. The Morgan fingerprint density at radius 2 is 2.50 bits per heavy atom. The van der Waals surface area contributed by atoms with Crippen molar-refractivity contribution < 1.29 is 0 Å². The molecule has 1 atom stereocenters. The van der Waals surface area contributed by atoms with Crippen LogP contribution in [0.4, 0.5) is 5.82 Å². The van der Waals surface area contributed by atoms with E-state index in [4.69, 9.17) is 0 Å². The van der Waals surface area contributed by atoms with Crippen LogP contribution in [0, 0.1) is 0 Å². The second kappa shape index (κ2) is 6.19. The van der Waals surface area contributed by atoms with Crippen LogP contribution in [-0.2, 0) is 6.54 Å². The maximum atomic E-state index is 11.8. The zero-order chi connectivity index (χ0) is 13.8. The minimum absolute atomic E-state index is 0.106. The van der Waals surface area contributed by atoms with E-state index in [1.54, 1.807) is 23.7 Å². The molecule has 3 heterocycles. The average Bonchev–Trinajstić information content (AvgIpc) is 2.99. The molecule has 106 valence electrons. The molecule has 20 heavy (non-hydrogen) atoms. The van der Waals surface area contributed by atoms with Crippen molar-refractivity contribution >= 4 is 17.2 Å². The van der Waals surface area contributed by atoms with Gasteiger partial charge in [-0.05, 0) is 35.2 Å². The van der Waals surface area contributed by atoms with Gasteiger partial charge in [0.15, 0.2) is 5.82 Å². The molecule has 2 aromatic heterocycles. The molecular formula is C14H18N4OS. The molecule has 0 bridgehead atoms. The number of hydrogen-bond donors (Lipinski definition) is 2. The third-order valence-electron chi connectivity index (χ3n) is 3.58. The normalized spacial score (nSPS) is 19.2. The molecule has 2 aromatic rings. The molecule has 6 heteroatoms. The Morgan fingerprint density at radius 1 is 1.55 bits per heavy atom. The fraction of sp³-hybridized carbons (Fsp3) is 0.429. The van der Waals surface area contributed by atoms with Crippen molar-refractivity contribution in [1.29, 1.82) is 0 Å².